The van der Waals surface area contributed by atoms with Crippen LogP contribution in [0.2, 0.25) is 0 Å². The van der Waals surface area contributed by atoms with E-state index in [9.17, 15) is 9.59 Å². The molecule has 0 aliphatic heterocycles. The second kappa shape index (κ2) is 6.16. The third kappa shape index (κ3) is 3.29. The van der Waals surface area contributed by atoms with Crippen LogP contribution >= 0.6 is 15.9 Å². The number of hydrogen-bond acceptors (Lipinski definition) is 3. The molecular formula is C16H16BrN3O3. The van der Waals surface area contributed by atoms with Gasteiger partial charge in [0.25, 0.3) is 5.91 Å². The number of hydrogen-bond donors (Lipinski definition) is 1. The van der Waals surface area contributed by atoms with Gasteiger partial charge in [0.15, 0.2) is 0 Å². The maximum absolute atomic E-state index is 12.7. The Balaban J connectivity index is 1.90. The zero-order valence-corrected chi connectivity index (χ0v) is 14.2. The molecule has 1 aromatic carbocycles. The summed E-state index contributed by atoms with van der Waals surface area (Å²) in [5.41, 5.74) is 2.00. The van der Waals surface area contributed by atoms with Crippen LogP contribution in [0.4, 0.5) is 0 Å². The second-order valence-electron chi connectivity index (χ2n) is 5.59. The van der Waals surface area contributed by atoms with Gasteiger partial charge < -0.3 is 10.0 Å². The maximum Gasteiger partial charge on any atom is 0.323 e. The van der Waals surface area contributed by atoms with Gasteiger partial charge in [0.2, 0.25) is 0 Å². The van der Waals surface area contributed by atoms with Gasteiger partial charge in [0, 0.05) is 10.5 Å². The Bertz CT molecular complexity index is 750. The summed E-state index contributed by atoms with van der Waals surface area (Å²) in [5.74, 6) is -1.26. The number of rotatable bonds is 5. The molecule has 3 rings (SSSR count). The first kappa shape index (κ1) is 15.7. The summed E-state index contributed by atoms with van der Waals surface area (Å²) in [4.78, 5) is 25.1. The summed E-state index contributed by atoms with van der Waals surface area (Å²) in [6.07, 6.45) is 3.23. The summed E-state index contributed by atoms with van der Waals surface area (Å²) in [6, 6.07) is 7.63. The van der Waals surface area contributed by atoms with Crippen molar-refractivity contribution in [3.05, 3.63) is 46.2 Å². The van der Waals surface area contributed by atoms with Crippen molar-refractivity contribution < 1.29 is 14.7 Å². The molecule has 1 aliphatic carbocycles. The molecule has 1 fully saturated rings. The molecule has 1 heterocycles. The molecule has 1 N–H and O–H groups in total. The highest BCUT2D eigenvalue weighted by Gasteiger charge is 2.35. The molecule has 1 aliphatic rings. The zero-order valence-electron chi connectivity index (χ0n) is 12.6. The van der Waals surface area contributed by atoms with Crippen LogP contribution in [0.3, 0.4) is 0 Å². The molecule has 0 radical (unpaired) electrons. The average molecular weight is 378 g/mol. The van der Waals surface area contributed by atoms with E-state index in [1.54, 1.807) is 4.68 Å². The van der Waals surface area contributed by atoms with Gasteiger partial charge in [-0.3, -0.25) is 9.59 Å². The van der Waals surface area contributed by atoms with Gasteiger partial charge in [0.1, 0.15) is 6.54 Å². The summed E-state index contributed by atoms with van der Waals surface area (Å²) >= 11 is 3.38. The lowest BCUT2D eigenvalue weighted by atomic mass is 10.2. The van der Waals surface area contributed by atoms with Crippen molar-refractivity contribution in [1.29, 1.82) is 0 Å². The molecule has 2 aromatic rings. The fourth-order valence-electron chi connectivity index (χ4n) is 2.52. The third-order valence-corrected chi connectivity index (χ3v) is 4.39. The van der Waals surface area contributed by atoms with Crippen molar-refractivity contribution in [2.75, 3.05) is 6.54 Å². The highest BCUT2D eigenvalue weighted by molar-refractivity contribution is 9.10. The maximum atomic E-state index is 12.7. The molecule has 23 heavy (non-hydrogen) atoms. The molecule has 120 valence electrons. The lowest BCUT2D eigenvalue weighted by molar-refractivity contribution is -0.137. The number of halogens is 1. The van der Waals surface area contributed by atoms with Crippen LogP contribution in [-0.4, -0.2) is 44.3 Å². The third-order valence-electron chi connectivity index (χ3n) is 3.87. The number of carboxylic acids is 1. The van der Waals surface area contributed by atoms with Crippen LogP contribution < -0.4 is 0 Å². The SMILES string of the molecule is Cc1c(C(=O)N(CC(=O)O)C2CC2)cnn1-c1ccc(Br)cc1. The van der Waals surface area contributed by atoms with E-state index in [0.29, 0.717) is 11.3 Å². The zero-order chi connectivity index (χ0) is 16.6. The highest BCUT2D eigenvalue weighted by atomic mass is 79.9. The van der Waals surface area contributed by atoms with Gasteiger partial charge in [0.05, 0.1) is 23.1 Å². The molecular weight excluding hydrogens is 362 g/mol. The minimum absolute atomic E-state index is 0.0361. The summed E-state index contributed by atoms with van der Waals surface area (Å²) < 4.78 is 2.65. The van der Waals surface area contributed by atoms with Crippen LogP contribution in [0, 0.1) is 6.92 Å². The predicted octanol–water partition coefficient (Wildman–Crippen LogP) is 2.63. The predicted molar refractivity (Wildman–Crippen MR) is 87.7 cm³/mol. The van der Waals surface area contributed by atoms with Crippen LogP contribution in [0.5, 0.6) is 0 Å². The number of aliphatic carboxylic acids is 1. The fourth-order valence-corrected chi connectivity index (χ4v) is 2.78. The number of carbonyl (C=O) groups excluding carboxylic acids is 1. The van der Waals surface area contributed by atoms with Crippen LogP contribution in [-0.2, 0) is 4.79 Å². The number of benzene rings is 1. The standard InChI is InChI=1S/C16H16BrN3O3/c1-10-14(16(23)19(9-15(21)22)12-6-7-12)8-18-20(10)13-4-2-11(17)3-5-13/h2-5,8,12H,6-7,9H2,1H3,(H,21,22). The Morgan fingerprint density at radius 2 is 2.00 bits per heavy atom. The Hall–Kier alpha value is -2.15. The molecule has 1 saturated carbocycles. The van der Waals surface area contributed by atoms with Gasteiger partial charge in [-0.05, 0) is 44.0 Å². The van der Waals surface area contributed by atoms with Crippen molar-refractivity contribution in [2.45, 2.75) is 25.8 Å². The quantitative estimate of drug-likeness (QED) is 0.868. The van der Waals surface area contributed by atoms with Crippen molar-refractivity contribution in [3.63, 3.8) is 0 Å². The van der Waals surface area contributed by atoms with Crippen LogP contribution in [0.1, 0.15) is 28.9 Å². The van der Waals surface area contributed by atoms with Crippen LogP contribution in [0.15, 0.2) is 34.9 Å². The largest absolute Gasteiger partial charge is 0.480 e. The van der Waals surface area contributed by atoms with Crippen LogP contribution in [0.25, 0.3) is 5.69 Å². The van der Waals surface area contributed by atoms with E-state index in [1.165, 1.54) is 11.1 Å². The van der Waals surface area contributed by atoms with Gasteiger partial charge in [-0.25, -0.2) is 4.68 Å². The highest BCUT2D eigenvalue weighted by Crippen LogP contribution is 2.29. The minimum Gasteiger partial charge on any atom is -0.480 e. The van der Waals surface area contributed by atoms with Gasteiger partial charge >= 0.3 is 5.97 Å². The molecule has 1 aromatic heterocycles. The molecule has 7 heteroatoms. The topological polar surface area (TPSA) is 75.4 Å². The number of nitrogens with zero attached hydrogens (tertiary/aromatic N) is 3. The molecule has 0 atom stereocenters. The van der Waals surface area contributed by atoms with Crippen molar-refractivity contribution >= 4 is 27.8 Å². The Labute approximate surface area is 141 Å². The summed E-state index contributed by atoms with van der Waals surface area (Å²) in [6.45, 7) is 1.54. The average Bonchev–Trinajstić information content (AvgIpc) is 3.28. The molecule has 0 spiro atoms. The number of aromatic nitrogens is 2. The van der Waals surface area contributed by atoms with Gasteiger partial charge in [-0.15, -0.1) is 0 Å². The normalized spacial score (nSPS) is 13.8. The fraction of sp³-hybridized carbons (Fsp3) is 0.312. The molecule has 0 saturated heterocycles. The van der Waals surface area contributed by atoms with Gasteiger partial charge in [-0.1, -0.05) is 15.9 Å². The second-order valence-corrected chi connectivity index (χ2v) is 6.51. The molecule has 6 nitrogen and oxygen atoms in total. The van der Waals surface area contributed by atoms with E-state index < -0.39 is 5.97 Å². The smallest absolute Gasteiger partial charge is 0.323 e. The number of carboxylic acid groups (broad SMARTS) is 1. The first-order valence-corrected chi connectivity index (χ1v) is 8.10. The minimum atomic E-state index is -0.997. The molecule has 1 amide bonds. The Morgan fingerprint density at radius 3 is 2.57 bits per heavy atom. The van der Waals surface area contributed by atoms with Gasteiger partial charge in [-0.2, -0.15) is 5.10 Å². The van der Waals surface area contributed by atoms with E-state index in [1.807, 2.05) is 31.2 Å². The summed E-state index contributed by atoms with van der Waals surface area (Å²) in [5, 5.41) is 13.3. The van der Waals surface area contributed by atoms with E-state index in [-0.39, 0.29) is 18.5 Å². The van der Waals surface area contributed by atoms with Crippen molar-refractivity contribution in [1.82, 2.24) is 14.7 Å². The molecule has 0 unspecified atom stereocenters. The first-order chi connectivity index (χ1) is 11.0. The number of amides is 1. The van der Waals surface area contributed by atoms with Crippen molar-refractivity contribution in [3.8, 4) is 5.69 Å². The summed E-state index contributed by atoms with van der Waals surface area (Å²) in [7, 11) is 0. The van der Waals surface area contributed by atoms with E-state index in [0.717, 1.165) is 23.0 Å². The van der Waals surface area contributed by atoms with E-state index >= 15 is 0 Å². The lowest BCUT2D eigenvalue weighted by Crippen LogP contribution is -2.37. The number of carbonyl (C=O) groups is 2. The van der Waals surface area contributed by atoms with E-state index in [2.05, 4.69) is 21.0 Å². The van der Waals surface area contributed by atoms with E-state index in [4.69, 9.17) is 5.11 Å². The lowest BCUT2D eigenvalue weighted by Gasteiger charge is -2.19. The van der Waals surface area contributed by atoms with Crippen molar-refractivity contribution in [2.24, 2.45) is 0 Å². The Morgan fingerprint density at radius 1 is 1.35 bits per heavy atom. The first-order valence-electron chi connectivity index (χ1n) is 7.30. The Kier molecular flexibility index (Phi) is 4.21. The molecule has 0 bridgehead atoms. The monoisotopic (exact) mass is 377 g/mol.